The van der Waals surface area contributed by atoms with Gasteiger partial charge in [0.05, 0.1) is 6.54 Å². The molecule has 0 fully saturated rings. The van der Waals surface area contributed by atoms with Crippen LogP contribution >= 0.6 is 0 Å². The van der Waals surface area contributed by atoms with E-state index in [0.29, 0.717) is 22.7 Å². The van der Waals surface area contributed by atoms with E-state index >= 15 is 0 Å². The summed E-state index contributed by atoms with van der Waals surface area (Å²) in [6, 6.07) is 32.3. The fourth-order valence-corrected chi connectivity index (χ4v) is 3.81. The average Bonchev–Trinajstić information content (AvgIpc) is 2.92. The third kappa shape index (κ3) is 6.28. The van der Waals surface area contributed by atoms with Crippen LogP contribution in [0.15, 0.2) is 103 Å². The number of rotatable bonds is 6. The minimum Gasteiger partial charge on any atom is -0.341 e. The van der Waals surface area contributed by atoms with Crippen molar-refractivity contribution in [2.75, 3.05) is 11.9 Å². The second-order valence-electron chi connectivity index (χ2n) is 8.71. The fourth-order valence-electron chi connectivity index (χ4n) is 3.81. The lowest BCUT2D eigenvalue weighted by Gasteiger charge is -2.11. The standard InChI is InChI=1S/C32H28N2O2/c1-23(2)25-19-17-24(18-20-25)10-9-21-33-31(35)27-13-8-14-28(22-27)34-32(36)30-16-7-6-15-29(30)26-11-4-3-5-12-26/h3-8,11-20,22-23H,21H2,1-2H3,(H,33,35)(H,34,36). The molecule has 0 saturated heterocycles. The van der Waals surface area contributed by atoms with E-state index in [9.17, 15) is 9.59 Å². The van der Waals surface area contributed by atoms with Crippen molar-refractivity contribution in [2.45, 2.75) is 19.8 Å². The Morgan fingerprint density at radius 3 is 2.25 bits per heavy atom. The van der Waals surface area contributed by atoms with Crippen molar-refractivity contribution in [1.82, 2.24) is 5.32 Å². The Morgan fingerprint density at radius 1 is 0.778 bits per heavy atom. The van der Waals surface area contributed by atoms with Crippen LogP contribution in [0.1, 0.15) is 51.6 Å². The van der Waals surface area contributed by atoms with Gasteiger partial charge in [-0.3, -0.25) is 9.59 Å². The van der Waals surface area contributed by atoms with Crippen LogP contribution in [0.5, 0.6) is 0 Å². The van der Waals surface area contributed by atoms with Crippen LogP contribution in [0.25, 0.3) is 11.1 Å². The van der Waals surface area contributed by atoms with Crippen LogP contribution in [0, 0.1) is 11.8 Å². The summed E-state index contributed by atoms with van der Waals surface area (Å²) < 4.78 is 0. The van der Waals surface area contributed by atoms with Gasteiger partial charge in [0.2, 0.25) is 0 Å². The van der Waals surface area contributed by atoms with Gasteiger partial charge in [0.1, 0.15) is 0 Å². The molecule has 2 N–H and O–H groups in total. The summed E-state index contributed by atoms with van der Waals surface area (Å²) in [5, 5.41) is 5.73. The molecule has 0 spiro atoms. The van der Waals surface area contributed by atoms with E-state index in [2.05, 4.69) is 48.5 Å². The van der Waals surface area contributed by atoms with E-state index in [0.717, 1.165) is 16.7 Å². The second kappa shape index (κ2) is 11.7. The summed E-state index contributed by atoms with van der Waals surface area (Å²) in [4.78, 5) is 25.7. The molecule has 0 bridgehead atoms. The number of carbonyl (C=O) groups is 2. The van der Waals surface area contributed by atoms with Crippen molar-refractivity contribution in [3.63, 3.8) is 0 Å². The summed E-state index contributed by atoms with van der Waals surface area (Å²) >= 11 is 0. The Bertz CT molecular complexity index is 1410. The number of hydrogen-bond donors (Lipinski definition) is 2. The number of anilines is 1. The number of benzene rings is 4. The van der Waals surface area contributed by atoms with E-state index in [1.807, 2.05) is 60.7 Å². The molecule has 0 heterocycles. The highest BCUT2D eigenvalue weighted by molar-refractivity contribution is 6.09. The molecule has 0 atom stereocenters. The first kappa shape index (κ1) is 24.5. The maximum atomic E-state index is 13.1. The quantitative estimate of drug-likeness (QED) is 0.314. The lowest BCUT2D eigenvalue weighted by atomic mass is 9.99. The molecule has 0 radical (unpaired) electrons. The van der Waals surface area contributed by atoms with Crippen LogP contribution in [0.4, 0.5) is 5.69 Å². The summed E-state index contributed by atoms with van der Waals surface area (Å²) in [7, 11) is 0. The van der Waals surface area contributed by atoms with E-state index < -0.39 is 0 Å². The Kier molecular flexibility index (Phi) is 7.95. The Balaban J connectivity index is 1.39. The zero-order valence-corrected chi connectivity index (χ0v) is 20.4. The molecule has 4 heteroatoms. The summed E-state index contributed by atoms with van der Waals surface area (Å²) in [6.07, 6.45) is 0. The van der Waals surface area contributed by atoms with Crippen molar-refractivity contribution >= 4 is 17.5 Å². The van der Waals surface area contributed by atoms with Gasteiger partial charge in [0.15, 0.2) is 0 Å². The van der Waals surface area contributed by atoms with Gasteiger partial charge in [-0.05, 0) is 59.0 Å². The largest absolute Gasteiger partial charge is 0.341 e. The molecule has 4 nitrogen and oxygen atoms in total. The van der Waals surface area contributed by atoms with Gasteiger partial charge in [-0.25, -0.2) is 0 Å². The van der Waals surface area contributed by atoms with Crippen LogP contribution in [-0.2, 0) is 0 Å². The van der Waals surface area contributed by atoms with Gasteiger partial charge < -0.3 is 10.6 Å². The van der Waals surface area contributed by atoms with E-state index in [-0.39, 0.29) is 18.4 Å². The van der Waals surface area contributed by atoms with Gasteiger partial charge in [0.25, 0.3) is 11.8 Å². The molecule has 4 aromatic rings. The summed E-state index contributed by atoms with van der Waals surface area (Å²) in [6.45, 7) is 4.53. The van der Waals surface area contributed by atoms with Crippen molar-refractivity contribution in [1.29, 1.82) is 0 Å². The lowest BCUT2D eigenvalue weighted by molar-refractivity contribution is 0.0957. The fraction of sp³-hybridized carbons (Fsp3) is 0.125. The highest BCUT2D eigenvalue weighted by Gasteiger charge is 2.13. The van der Waals surface area contributed by atoms with Crippen LogP contribution in [-0.4, -0.2) is 18.4 Å². The third-order valence-corrected chi connectivity index (χ3v) is 5.79. The van der Waals surface area contributed by atoms with Gasteiger partial charge in [-0.2, -0.15) is 0 Å². The molecular formula is C32H28N2O2. The zero-order chi connectivity index (χ0) is 25.3. The molecule has 0 aliphatic carbocycles. The topological polar surface area (TPSA) is 58.2 Å². The summed E-state index contributed by atoms with van der Waals surface area (Å²) in [5.41, 5.74) is 5.56. The lowest BCUT2D eigenvalue weighted by Crippen LogP contribution is -2.23. The number of hydrogen-bond acceptors (Lipinski definition) is 2. The minimum absolute atomic E-state index is 0.228. The monoisotopic (exact) mass is 472 g/mol. The first-order chi connectivity index (χ1) is 17.5. The van der Waals surface area contributed by atoms with Crippen molar-refractivity contribution in [2.24, 2.45) is 0 Å². The Hall–Kier alpha value is -4.62. The van der Waals surface area contributed by atoms with E-state index in [4.69, 9.17) is 0 Å². The maximum absolute atomic E-state index is 13.1. The number of amides is 2. The van der Waals surface area contributed by atoms with Gasteiger partial charge in [-0.15, -0.1) is 0 Å². The van der Waals surface area contributed by atoms with Crippen LogP contribution in [0.3, 0.4) is 0 Å². The minimum atomic E-state index is -0.250. The van der Waals surface area contributed by atoms with Gasteiger partial charge >= 0.3 is 0 Å². The Morgan fingerprint density at radius 2 is 1.50 bits per heavy atom. The molecule has 0 aliphatic heterocycles. The Labute approximate surface area is 212 Å². The molecule has 0 aromatic heterocycles. The first-order valence-corrected chi connectivity index (χ1v) is 11.9. The van der Waals surface area contributed by atoms with Gasteiger partial charge in [-0.1, -0.05) is 92.4 Å². The molecule has 36 heavy (non-hydrogen) atoms. The van der Waals surface area contributed by atoms with Crippen LogP contribution < -0.4 is 10.6 Å². The maximum Gasteiger partial charge on any atom is 0.256 e. The predicted molar refractivity (Wildman–Crippen MR) is 146 cm³/mol. The molecular weight excluding hydrogens is 444 g/mol. The van der Waals surface area contributed by atoms with Crippen molar-refractivity contribution in [3.8, 4) is 23.0 Å². The molecule has 178 valence electrons. The number of nitrogens with one attached hydrogen (secondary N) is 2. The molecule has 0 unspecified atom stereocenters. The summed E-state index contributed by atoms with van der Waals surface area (Å²) in [5.74, 6) is 6.05. The highest BCUT2D eigenvalue weighted by atomic mass is 16.2. The van der Waals surface area contributed by atoms with Gasteiger partial charge in [0, 0.05) is 22.4 Å². The molecule has 0 aliphatic rings. The predicted octanol–water partition coefficient (Wildman–Crippen LogP) is 6.51. The van der Waals surface area contributed by atoms with E-state index in [1.165, 1.54) is 5.56 Å². The molecule has 2 amide bonds. The smallest absolute Gasteiger partial charge is 0.256 e. The molecule has 4 aromatic carbocycles. The molecule has 4 rings (SSSR count). The zero-order valence-electron chi connectivity index (χ0n) is 20.4. The second-order valence-corrected chi connectivity index (χ2v) is 8.71. The average molecular weight is 473 g/mol. The molecule has 0 saturated carbocycles. The highest BCUT2D eigenvalue weighted by Crippen LogP contribution is 2.24. The van der Waals surface area contributed by atoms with E-state index in [1.54, 1.807) is 30.3 Å². The SMILES string of the molecule is CC(C)c1ccc(C#CCNC(=O)c2cccc(NC(=O)c3ccccc3-c3ccccc3)c2)cc1. The third-order valence-electron chi connectivity index (χ3n) is 5.79. The van der Waals surface area contributed by atoms with Crippen molar-refractivity contribution < 1.29 is 9.59 Å². The normalized spacial score (nSPS) is 10.3. The first-order valence-electron chi connectivity index (χ1n) is 11.9. The van der Waals surface area contributed by atoms with Crippen LogP contribution in [0.2, 0.25) is 0 Å². The number of carbonyl (C=O) groups excluding carboxylic acids is 2. The van der Waals surface area contributed by atoms with Crippen molar-refractivity contribution in [3.05, 3.63) is 125 Å².